The molecule has 1 aromatic carbocycles. The van der Waals surface area contributed by atoms with E-state index >= 15 is 0 Å². The van der Waals surface area contributed by atoms with Gasteiger partial charge in [-0.2, -0.15) is 0 Å². The number of amides is 3. The zero-order valence-electron chi connectivity index (χ0n) is 16.7. The number of carbonyl (C=O) groups excluding carboxylic acids is 3. The molecule has 1 unspecified atom stereocenters. The fraction of sp³-hybridized carbons (Fsp3) is 0.400. The Morgan fingerprint density at radius 3 is 2.70 bits per heavy atom. The lowest BCUT2D eigenvalue weighted by molar-refractivity contribution is -0.136. The van der Waals surface area contributed by atoms with E-state index in [0.717, 1.165) is 16.3 Å². The molecule has 2 aliphatic rings. The van der Waals surface area contributed by atoms with Crippen molar-refractivity contribution in [1.82, 2.24) is 9.88 Å². The molecule has 0 bridgehead atoms. The number of ether oxygens (including phenoxy) is 2. The molecule has 3 amide bonds. The van der Waals surface area contributed by atoms with Crippen LogP contribution in [0, 0.1) is 5.92 Å². The van der Waals surface area contributed by atoms with Crippen LogP contribution in [0.15, 0.2) is 24.3 Å². The van der Waals surface area contributed by atoms with Gasteiger partial charge in [-0.1, -0.05) is 11.3 Å². The fourth-order valence-electron chi connectivity index (χ4n) is 3.72. The summed E-state index contributed by atoms with van der Waals surface area (Å²) in [6.07, 6.45) is 0.243. The maximum absolute atomic E-state index is 13.1. The second kappa shape index (κ2) is 8.31. The quantitative estimate of drug-likeness (QED) is 0.799. The summed E-state index contributed by atoms with van der Waals surface area (Å²) >= 11 is 1.34. The lowest BCUT2D eigenvalue weighted by Gasteiger charge is -2.28. The molecule has 2 aliphatic heterocycles. The number of nitrogens with zero attached hydrogens (tertiary/aromatic N) is 3. The van der Waals surface area contributed by atoms with Gasteiger partial charge in [0, 0.05) is 36.5 Å². The van der Waals surface area contributed by atoms with E-state index in [9.17, 15) is 14.4 Å². The average molecular weight is 430 g/mol. The molecule has 1 aromatic heterocycles. The molecule has 4 rings (SSSR count). The van der Waals surface area contributed by atoms with Crippen LogP contribution < -0.4 is 15.0 Å². The van der Waals surface area contributed by atoms with Crippen LogP contribution in [0.2, 0.25) is 0 Å². The van der Waals surface area contributed by atoms with E-state index in [-0.39, 0.29) is 24.2 Å². The molecular formula is C20H22N4O5S. The van der Waals surface area contributed by atoms with Gasteiger partial charge in [0.25, 0.3) is 0 Å². The second-order valence-corrected chi connectivity index (χ2v) is 8.20. The van der Waals surface area contributed by atoms with Crippen molar-refractivity contribution < 1.29 is 23.9 Å². The van der Waals surface area contributed by atoms with Crippen LogP contribution in [0.5, 0.6) is 5.75 Å². The molecule has 0 spiro atoms. The maximum Gasteiger partial charge on any atom is 0.413 e. The Balaban J connectivity index is 1.41. The zero-order valence-corrected chi connectivity index (χ0v) is 17.5. The van der Waals surface area contributed by atoms with Gasteiger partial charge < -0.3 is 19.3 Å². The fourth-order valence-corrected chi connectivity index (χ4v) is 4.73. The lowest BCUT2D eigenvalue weighted by atomic mass is 10.1. The molecule has 1 N–H and O–H groups in total. The summed E-state index contributed by atoms with van der Waals surface area (Å²) in [5, 5.41) is 3.03. The lowest BCUT2D eigenvalue weighted by Crippen LogP contribution is -2.40. The van der Waals surface area contributed by atoms with Crippen molar-refractivity contribution in [2.45, 2.75) is 19.4 Å². The highest BCUT2D eigenvalue weighted by Gasteiger charge is 2.38. The van der Waals surface area contributed by atoms with Crippen molar-refractivity contribution >= 4 is 40.1 Å². The van der Waals surface area contributed by atoms with Gasteiger partial charge in [-0.25, -0.2) is 9.78 Å². The van der Waals surface area contributed by atoms with E-state index in [0.29, 0.717) is 36.9 Å². The predicted octanol–water partition coefficient (Wildman–Crippen LogP) is 2.27. The van der Waals surface area contributed by atoms with E-state index in [2.05, 4.69) is 15.0 Å². The van der Waals surface area contributed by atoms with Crippen LogP contribution in [0.4, 0.5) is 15.6 Å². The predicted molar refractivity (Wildman–Crippen MR) is 111 cm³/mol. The third-order valence-electron chi connectivity index (χ3n) is 5.30. The first-order valence-electron chi connectivity index (χ1n) is 9.55. The molecule has 9 nitrogen and oxygen atoms in total. The van der Waals surface area contributed by atoms with Crippen LogP contribution in [0.25, 0.3) is 0 Å². The first-order chi connectivity index (χ1) is 14.5. The number of thiazole rings is 1. The molecule has 3 heterocycles. The zero-order chi connectivity index (χ0) is 21.3. The maximum atomic E-state index is 13.1. The van der Waals surface area contributed by atoms with Crippen molar-refractivity contribution in [1.29, 1.82) is 0 Å². The molecule has 1 fully saturated rings. The highest BCUT2D eigenvalue weighted by molar-refractivity contribution is 7.15. The molecule has 1 atom stereocenters. The van der Waals surface area contributed by atoms with Crippen LogP contribution in [-0.4, -0.2) is 55.1 Å². The van der Waals surface area contributed by atoms with E-state index in [1.165, 1.54) is 18.4 Å². The molecule has 2 aromatic rings. The largest absolute Gasteiger partial charge is 0.497 e. The van der Waals surface area contributed by atoms with Crippen LogP contribution in [0.3, 0.4) is 0 Å². The summed E-state index contributed by atoms with van der Waals surface area (Å²) < 4.78 is 9.75. The summed E-state index contributed by atoms with van der Waals surface area (Å²) in [4.78, 5) is 45.8. The summed E-state index contributed by atoms with van der Waals surface area (Å²) in [6.45, 7) is 1.34. The van der Waals surface area contributed by atoms with Crippen molar-refractivity contribution in [3.05, 3.63) is 34.8 Å². The molecule has 0 saturated carbocycles. The highest BCUT2D eigenvalue weighted by Crippen LogP contribution is 2.32. The molecule has 10 heteroatoms. The van der Waals surface area contributed by atoms with Gasteiger partial charge in [0.15, 0.2) is 5.13 Å². The Hall–Kier alpha value is -3.14. The summed E-state index contributed by atoms with van der Waals surface area (Å²) in [6, 6.07) is 7.25. The van der Waals surface area contributed by atoms with Gasteiger partial charge in [-0.15, -0.1) is 0 Å². The average Bonchev–Trinajstić information content (AvgIpc) is 3.35. The van der Waals surface area contributed by atoms with Crippen LogP contribution in [-0.2, 0) is 27.3 Å². The Morgan fingerprint density at radius 1 is 1.23 bits per heavy atom. The number of benzene rings is 1. The summed E-state index contributed by atoms with van der Waals surface area (Å²) in [7, 11) is 2.88. The topological polar surface area (TPSA) is 101 Å². The third kappa shape index (κ3) is 3.95. The monoisotopic (exact) mass is 430 g/mol. The van der Waals surface area contributed by atoms with Crippen LogP contribution in [0.1, 0.15) is 17.0 Å². The molecule has 0 aliphatic carbocycles. The Kier molecular flexibility index (Phi) is 5.58. The number of methoxy groups -OCH3 is 2. The Bertz CT molecular complexity index is 974. The Labute approximate surface area is 177 Å². The number of anilines is 2. The number of hydrogen-bond acceptors (Lipinski definition) is 7. The minimum absolute atomic E-state index is 0.0270. The van der Waals surface area contributed by atoms with Gasteiger partial charge in [-0.05, 0) is 24.3 Å². The second-order valence-electron chi connectivity index (χ2n) is 7.12. The standard InChI is InChI=1S/C20H22N4O5S/c1-28-14-5-3-13(4-6-14)24-10-12(9-17(24)25)18(26)23-8-7-15-16(11-23)30-19(21-15)22-20(27)29-2/h3-6,12H,7-11H2,1-2H3,(H,21,22,27). The van der Waals surface area contributed by atoms with Gasteiger partial charge >= 0.3 is 6.09 Å². The number of hydrogen-bond donors (Lipinski definition) is 1. The van der Waals surface area contributed by atoms with Crippen molar-refractivity contribution in [2.24, 2.45) is 5.92 Å². The summed E-state index contributed by atoms with van der Waals surface area (Å²) in [5.74, 6) is 0.258. The summed E-state index contributed by atoms with van der Waals surface area (Å²) in [5.41, 5.74) is 1.65. The van der Waals surface area contributed by atoms with Crippen LogP contribution >= 0.6 is 11.3 Å². The van der Waals surface area contributed by atoms with Gasteiger partial charge in [-0.3, -0.25) is 14.9 Å². The molecular weight excluding hydrogens is 408 g/mol. The number of carbonyl (C=O) groups is 3. The Morgan fingerprint density at radius 2 is 2.00 bits per heavy atom. The number of rotatable bonds is 4. The third-order valence-corrected chi connectivity index (χ3v) is 6.29. The van der Waals surface area contributed by atoms with Gasteiger partial charge in [0.05, 0.1) is 32.4 Å². The number of fused-ring (bicyclic) bond motifs is 1. The smallest absolute Gasteiger partial charge is 0.413 e. The minimum Gasteiger partial charge on any atom is -0.497 e. The number of nitrogens with one attached hydrogen (secondary N) is 1. The van der Waals surface area contributed by atoms with E-state index in [4.69, 9.17) is 4.74 Å². The van der Waals surface area contributed by atoms with Crippen molar-refractivity contribution in [3.8, 4) is 5.75 Å². The molecule has 1 saturated heterocycles. The SMILES string of the molecule is COC(=O)Nc1nc2c(s1)CN(C(=O)C1CC(=O)N(c3ccc(OC)cc3)C1)CC2. The number of aromatic nitrogens is 1. The first kappa shape index (κ1) is 20.1. The van der Waals surface area contributed by atoms with E-state index in [1.807, 2.05) is 12.1 Å². The van der Waals surface area contributed by atoms with Crippen molar-refractivity contribution in [2.75, 3.05) is 37.5 Å². The normalized spacial score (nSPS) is 18.2. The molecule has 158 valence electrons. The molecule has 0 radical (unpaired) electrons. The van der Waals surface area contributed by atoms with Crippen molar-refractivity contribution in [3.63, 3.8) is 0 Å². The molecule has 30 heavy (non-hydrogen) atoms. The highest BCUT2D eigenvalue weighted by atomic mass is 32.1. The first-order valence-corrected chi connectivity index (χ1v) is 10.4. The van der Waals surface area contributed by atoms with Gasteiger partial charge in [0.1, 0.15) is 5.75 Å². The minimum atomic E-state index is -0.572. The van der Waals surface area contributed by atoms with Gasteiger partial charge in [0.2, 0.25) is 11.8 Å². The van der Waals surface area contributed by atoms with E-state index < -0.39 is 6.09 Å². The van der Waals surface area contributed by atoms with E-state index in [1.54, 1.807) is 29.0 Å².